The summed E-state index contributed by atoms with van der Waals surface area (Å²) < 4.78 is 0. The van der Waals surface area contributed by atoms with Crippen molar-refractivity contribution < 1.29 is 0 Å². The minimum Gasteiger partial charge on any atom is -0.317 e. The van der Waals surface area contributed by atoms with Crippen LogP contribution in [-0.4, -0.2) is 49.6 Å². The van der Waals surface area contributed by atoms with Crippen LogP contribution in [0.4, 0.5) is 0 Å². The Bertz CT molecular complexity index is 188. The zero-order chi connectivity index (χ0) is 10.6. The highest BCUT2D eigenvalue weighted by atomic mass is 32.2. The monoisotopic (exact) mass is 228 g/mol. The second-order valence-corrected chi connectivity index (χ2v) is 6.11. The van der Waals surface area contributed by atoms with Crippen LogP contribution >= 0.6 is 11.8 Å². The van der Waals surface area contributed by atoms with Gasteiger partial charge in [0.05, 0.1) is 0 Å². The Morgan fingerprint density at radius 2 is 2.07 bits per heavy atom. The molecule has 2 aliphatic heterocycles. The van der Waals surface area contributed by atoms with E-state index in [1.54, 1.807) is 0 Å². The van der Waals surface area contributed by atoms with Crippen LogP contribution < -0.4 is 5.32 Å². The molecule has 2 saturated heterocycles. The van der Waals surface area contributed by atoms with Crippen LogP contribution in [0.2, 0.25) is 0 Å². The fraction of sp³-hybridized carbons (Fsp3) is 1.00. The number of thioether (sulfide) groups is 1. The third-order valence-corrected chi connectivity index (χ3v) is 4.70. The van der Waals surface area contributed by atoms with Gasteiger partial charge in [0.1, 0.15) is 0 Å². The van der Waals surface area contributed by atoms with Gasteiger partial charge in [-0.1, -0.05) is 0 Å². The quantitative estimate of drug-likeness (QED) is 0.739. The summed E-state index contributed by atoms with van der Waals surface area (Å²) >= 11 is 1.98. The summed E-state index contributed by atoms with van der Waals surface area (Å²) in [6, 6.07) is 0. The van der Waals surface area contributed by atoms with E-state index < -0.39 is 0 Å². The van der Waals surface area contributed by atoms with Crippen LogP contribution in [0.15, 0.2) is 0 Å². The maximum Gasteiger partial charge on any atom is 0.00394 e. The van der Waals surface area contributed by atoms with E-state index in [0.29, 0.717) is 5.41 Å². The molecule has 0 aromatic carbocycles. The van der Waals surface area contributed by atoms with Gasteiger partial charge in [0.25, 0.3) is 0 Å². The van der Waals surface area contributed by atoms with Gasteiger partial charge in [0.15, 0.2) is 0 Å². The fourth-order valence-corrected chi connectivity index (χ4v) is 3.43. The van der Waals surface area contributed by atoms with Crippen molar-refractivity contribution in [2.45, 2.75) is 25.7 Å². The molecule has 1 N–H and O–H groups in total. The zero-order valence-electron chi connectivity index (χ0n) is 9.93. The molecule has 0 amide bonds. The molecule has 0 aromatic heterocycles. The van der Waals surface area contributed by atoms with Crippen LogP contribution in [0.5, 0.6) is 0 Å². The predicted octanol–water partition coefficient (Wildman–Crippen LogP) is 1.82. The molecule has 1 spiro atoms. The second kappa shape index (κ2) is 5.55. The van der Waals surface area contributed by atoms with E-state index in [2.05, 4.69) is 16.5 Å². The molecule has 0 radical (unpaired) electrons. The largest absolute Gasteiger partial charge is 0.317 e. The highest BCUT2D eigenvalue weighted by molar-refractivity contribution is 7.98. The first-order valence-electron chi connectivity index (χ1n) is 6.27. The van der Waals surface area contributed by atoms with E-state index >= 15 is 0 Å². The molecule has 15 heavy (non-hydrogen) atoms. The van der Waals surface area contributed by atoms with Gasteiger partial charge in [-0.25, -0.2) is 0 Å². The third-order valence-electron chi connectivity index (χ3n) is 4.00. The smallest absolute Gasteiger partial charge is 0.00394 e. The topological polar surface area (TPSA) is 15.3 Å². The first-order valence-corrected chi connectivity index (χ1v) is 7.66. The van der Waals surface area contributed by atoms with Gasteiger partial charge < -0.3 is 10.2 Å². The minimum atomic E-state index is 0.699. The van der Waals surface area contributed by atoms with Crippen LogP contribution in [0.3, 0.4) is 0 Å². The van der Waals surface area contributed by atoms with Gasteiger partial charge in [0, 0.05) is 6.54 Å². The van der Waals surface area contributed by atoms with Crippen LogP contribution in [0.1, 0.15) is 25.7 Å². The van der Waals surface area contributed by atoms with Gasteiger partial charge in [-0.15, -0.1) is 0 Å². The van der Waals surface area contributed by atoms with Crippen molar-refractivity contribution in [2.24, 2.45) is 5.41 Å². The number of hydrogen-bond acceptors (Lipinski definition) is 3. The van der Waals surface area contributed by atoms with E-state index in [1.807, 2.05) is 11.8 Å². The van der Waals surface area contributed by atoms with Crippen LogP contribution in [0, 0.1) is 5.41 Å². The lowest BCUT2D eigenvalue weighted by Crippen LogP contribution is -2.38. The number of hydrogen-bond donors (Lipinski definition) is 1. The number of nitrogens with zero attached hydrogens (tertiary/aromatic N) is 1. The van der Waals surface area contributed by atoms with Crippen LogP contribution in [0.25, 0.3) is 0 Å². The van der Waals surface area contributed by atoms with E-state index in [1.165, 1.54) is 64.2 Å². The number of nitrogens with one attached hydrogen (secondary N) is 1. The normalized spacial score (nSPS) is 26.2. The Morgan fingerprint density at radius 3 is 2.80 bits per heavy atom. The average Bonchev–Trinajstić information content (AvgIpc) is 2.63. The molecule has 0 aliphatic carbocycles. The summed E-state index contributed by atoms with van der Waals surface area (Å²) in [6.07, 6.45) is 7.85. The molecule has 2 aliphatic rings. The molecular weight excluding hydrogens is 204 g/mol. The lowest BCUT2D eigenvalue weighted by atomic mass is 9.78. The molecule has 0 bridgehead atoms. The molecule has 3 heteroatoms. The molecule has 2 heterocycles. The molecule has 2 rings (SSSR count). The Kier molecular flexibility index (Phi) is 4.35. The molecule has 0 atom stereocenters. The number of piperidine rings is 1. The summed E-state index contributed by atoms with van der Waals surface area (Å²) in [4.78, 5) is 2.70. The lowest BCUT2D eigenvalue weighted by Gasteiger charge is -2.33. The standard InChI is InChI=1S/C12H24N2S/c1-15-10-2-8-14-9-5-12(11-14)3-6-13-7-4-12/h13H,2-11H2,1H3. The van der Waals surface area contributed by atoms with E-state index in [-0.39, 0.29) is 0 Å². The molecule has 88 valence electrons. The summed E-state index contributed by atoms with van der Waals surface area (Å²) in [5, 5.41) is 3.48. The van der Waals surface area contributed by atoms with Gasteiger partial charge in [-0.05, 0) is 69.3 Å². The maximum absolute atomic E-state index is 3.48. The van der Waals surface area contributed by atoms with E-state index in [9.17, 15) is 0 Å². The van der Waals surface area contributed by atoms with Crippen molar-refractivity contribution in [1.29, 1.82) is 0 Å². The summed E-state index contributed by atoms with van der Waals surface area (Å²) in [5.74, 6) is 1.32. The summed E-state index contributed by atoms with van der Waals surface area (Å²) in [7, 11) is 0. The first kappa shape index (κ1) is 11.7. The van der Waals surface area contributed by atoms with E-state index in [0.717, 1.165) is 0 Å². The predicted molar refractivity (Wildman–Crippen MR) is 68.6 cm³/mol. The second-order valence-electron chi connectivity index (χ2n) is 5.12. The lowest BCUT2D eigenvalue weighted by molar-refractivity contribution is 0.197. The Balaban J connectivity index is 1.73. The van der Waals surface area contributed by atoms with Gasteiger partial charge in [0.2, 0.25) is 0 Å². The number of likely N-dealkylation sites (tertiary alicyclic amines) is 1. The van der Waals surface area contributed by atoms with Gasteiger partial charge >= 0.3 is 0 Å². The molecule has 0 saturated carbocycles. The summed E-state index contributed by atoms with van der Waals surface area (Å²) in [5.41, 5.74) is 0.699. The van der Waals surface area contributed by atoms with E-state index in [4.69, 9.17) is 0 Å². The highest BCUT2D eigenvalue weighted by Crippen LogP contribution is 2.38. The van der Waals surface area contributed by atoms with Gasteiger partial charge in [-0.3, -0.25) is 0 Å². The molecular formula is C12H24N2S. The molecule has 0 aromatic rings. The van der Waals surface area contributed by atoms with Crippen molar-refractivity contribution in [3.05, 3.63) is 0 Å². The molecule has 2 fully saturated rings. The maximum atomic E-state index is 3.48. The first-order chi connectivity index (χ1) is 7.35. The highest BCUT2D eigenvalue weighted by Gasteiger charge is 2.38. The minimum absolute atomic E-state index is 0.699. The van der Waals surface area contributed by atoms with Crippen molar-refractivity contribution in [3.8, 4) is 0 Å². The zero-order valence-corrected chi connectivity index (χ0v) is 10.7. The average molecular weight is 228 g/mol. The Labute approximate surface area is 98.2 Å². The molecule has 0 unspecified atom stereocenters. The third kappa shape index (κ3) is 3.11. The molecule has 2 nitrogen and oxygen atoms in total. The van der Waals surface area contributed by atoms with Crippen molar-refractivity contribution in [3.63, 3.8) is 0 Å². The van der Waals surface area contributed by atoms with Crippen molar-refractivity contribution >= 4 is 11.8 Å². The Morgan fingerprint density at radius 1 is 1.27 bits per heavy atom. The summed E-state index contributed by atoms with van der Waals surface area (Å²) in [6.45, 7) is 6.56. The van der Waals surface area contributed by atoms with Crippen molar-refractivity contribution in [2.75, 3.05) is 44.7 Å². The fourth-order valence-electron chi connectivity index (χ4n) is 3.02. The van der Waals surface area contributed by atoms with Crippen molar-refractivity contribution in [1.82, 2.24) is 10.2 Å². The van der Waals surface area contributed by atoms with Gasteiger partial charge in [-0.2, -0.15) is 11.8 Å². The number of rotatable bonds is 4. The Hall–Kier alpha value is 0.270. The van der Waals surface area contributed by atoms with Crippen LogP contribution in [-0.2, 0) is 0 Å². The SMILES string of the molecule is CSCCCN1CCC2(CCNCC2)C1.